The van der Waals surface area contributed by atoms with E-state index in [9.17, 15) is 4.79 Å². The van der Waals surface area contributed by atoms with E-state index in [1.54, 1.807) is 0 Å². The number of aromatic nitrogens is 2. The van der Waals surface area contributed by atoms with E-state index < -0.39 is 0 Å². The Morgan fingerprint density at radius 2 is 1.69 bits per heavy atom. The second kappa shape index (κ2) is 8.91. The summed E-state index contributed by atoms with van der Waals surface area (Å²) in [6.07, 6.45) is 3.49. The number of likely N-dealkylation sites (tertiary alicyclic amines) is 1. The number of hydrogen-bond acceptors (Lipinski definition) is 5. The molecule has 6 nitrogen and oxygen atoms in total. The lowest BCUT2D eigenvalue weighted by Gasteiger charge is -2.35. The van der Waals surface area contributed by atoms with Crippen LogP contribution < -0.4 is 4.90 Å². The van der Waals surface area contributed by atoms with Crippen molar-refractivity contribution in [3.8, 4) is 0 Å². The molecule has 1 aromatic carbocycles. The monoisotopic (exact) mass is 393 g/mol. The summed E-state index contributed by atoms with van der Waals surface area (Å²) < 4.78 is 0. The predicted octanol–water partition coefficient (Wildman–Crippen LogP) is 3.04. The number of carbonyl (C=O) groups is 1. The minimum atomic E-state index is 0.186. The zero-order valence-corrected chi connectivity index (χ0v) is 17.6. The molecule has 0 radical (unpaired) electrons. The highest BCUT2D eigenvalue weighted by molar-refractivity contribution is 5.94. The van der Waals surface area contributed by atoms with Gasteiger partial charge in [0.05, 0.1) is 0 Å². The highest BCUT2D eigenvalue weighted by atomic mass is 16.2. The van der Waals surface area contributed by atoms with Crippen LogP contribution in [0.1, 0.15) is 46.7 Å². The van der Waals surface area contributed by atoms with Crippen LogP contribution in [-0.4, -0.2) is 64.9 Å². The van der Waals surface area contributed by atoms with E-state index in [1.807, 2.05) is 30.9 Å². The molecule has 2 aliphatic heterocycles. The van der Waals surface area contributed by atoms with Crippen molar-refractivity contribution in [3.63, 3.8) is 0 Å². The lowest BCUT2D eigenvalue weighted by Crippen LogP contribution is -2.46. The van der Waals surface area contributed by atoms with Gasteiger partial charge in [0.25, 0.3) is 5.91 Å². The Morgan fingerprint density at radius 3 is 2.41 bits per heavy atom. The van der Waals surface area contributed by atoms with Crippen LogP contribution in [0.2, 0.25) is 0 Å². The van der Waals surface area contributed by atoms with E-state index in [2.05, 4.69) is 38.0 Å². The molecular weight excluding hydrogens is 362 g/mol. The van der Waals surface area contributed by atoms with Crippen molar-refractivity contribution in [1.82, 2.24) is 19.8 Å². The van der Waals surface area contributed by atoms with E-state index in [-0.39, 0.29) is 5.91 Å². The number of hydrogen-bond donors (Lipinski definition) is 0. The minimum Gasteiger partial charge on any atom is -0.354 e. The summed E-state index contributed by atoms with van der Waals surface area (Å²) in [4.78, 5) is 28.6. The summed E-state index contributed by atoms with van der Waals surface area (Å²) in [5.41, 5.74) is 3.06. The number of piperazine rings is 1. The number of anilines is 1. The number of nitrogens with zero attached hydrogens (tertiary/aromatic N) is 5. The Morgan fingerprint density at radius 1 is 0.931 bits per heavy atom. The number of benzene rings is 1. The summed E-state index contributed by atoms with van der Waals surface area (Å²) in [5.74, 6) is 2.05. The molecule has 0 saturated carbocycles. The van der Waals surface area contributed by atoms with Crippen LogP contribution in [0, 0.1) is 13.8 Å². The van der Waals surface area contributed by atoms with E-state index in [0.717, 1.165) is 81.6 Å². The van der Waals surface area contributed by atoms with E-state index in [0.29, 0.717) is 0 Å². The highest BCUT2D eigenvalue weighted by Crippen LogP contribution is 2.18. The van der Waals surface area contributed by atoms with Gasteiger partial charge in [-0.05, 0) is 50.8 Å². The van der Waals surface area contributed by atoms with Crippen LogP contribution in [0.15, 0.2) is 30.3 Å². The third-order valence-electron chi connectivity index (χ3n) is 5.87. The molecule has 2 aliphatic rings. The maximum absolute atomic E-state index is 12.8. The molecule has 1 amide bonds. The molecule has 6 heteroatoms. The molecule has 0 aliphatic carbocycles. The van der Waals surface area contributed by atoms with Gasteiger partial charge in [0.2, 0.25) is 0 Å². The van der Waals surface area contributed by atoms with Gasteiger partial charge < -0.3 is 9.80 Å². The van der Waals surface area contributed by atoms with Gasteiger partial charge in [0.1, 0.15) is 11.6 Å². The number of piperidine rings is 1. The molecule has 0 atom stereocenters. The van der Waals surface area contributed by atoms with Crippen molar-refractivity contribution >= 4 is 11.7 Å². The van der Waals surface area contributed by atoms with E-state index in [1.165, 1.54) is 12.0 Å². The van der Waals surface area contributed by atoms with Gasteiger partial charge in [0, 0.05) is 63.1 Å². The standard InChI is InChI=1S/C23H31N5O/c1-18-15-22(25-19(2)24-18)27-13-11-26(12-14-27)17-20-7-6-8-21(16-20)23(29)28-9-4-3-5-10-28/h6-8,15-16H,3-5,9-14,17H2,1-2H3. The van der Waals surface area contributed by atoms with E-state index in [4.69, 9.17) is 0 Å². The minimum absolute atomic E-state index is 0.186. The molecule has 2 saturated heterocycles. The molecule has 0 spiro atoms. The molecule has 0 bridgehead atoms. The fourth-order valence-electron chi connectivity index (χ4n) is 4.33. The van der Waals surface area contributed by atoms with Gasteiger partial charge in [-0.3, -0.25) is 9.69 Å². The Hall–Kier alpha value is -2.47. The van der Waals surface area contributed by atoms with Gasteiger partial charge in [-0.2, -0.15) is 0 Å². The van der Waals surface area contributed by atoms with Crippen molar-refractivity contribution in [2.45, 2.75) is 39.7 Å². The first-order valence-electron chi connectivity index (χ1n) is 10.8. The van der Waals surface area contributed by atoms with Gasteiger partial charge in [0.15, 0.2) is 0 Å². The van der Waals surface area contributed by atoms with Crippen molar-refractivity contribution in [2.24, 2.45) is 0 Å². The summed E-state index contributed by atoms with van der Waals surface area (Å²) >= 11 is 0. The van der Waals surface area contributed by atoms with Gasteiger partial charge in [-0.1, -0.05) is 12.1 Å². The molecule has 2 fully saturated rings. The number of rotatable bonds is 4. The maximum atomic E-state index is 12.8. The summed E-state index contributed by atoms with van der Waals surface area (Å²) in [6, 6.07) is 10.3. The van der Waals surface area contributed by atoms with Crippen LogP contribution in [0.3, 0.4) is 0 Å². The van der Waals surface area contributed by atoms with Crippen LogP contribution in [0.25, 0.3) is 0 Å². The summed E-state index contributed by atoms with van der Waals surface area (Å²) in [6.45, 7) is 10.6. The highest BCUT2D eigenvalue weighted by Gasteiger charge is 2.21. The van der Waals surface area contributed by atoms with Gasteiger partial charge in [-0.15, -0.1) is 0 Å². The molecule has 4 rings (SSSR count). The number of aryl methyl sites for hydroxylation is 2. The molecular formula is C23H31N5O. The van der Waals surface area contributed by atoms with Crippen molar-refractivity contribution in [3.05, 3.63) is 53.0 Å². The average Bonchev–Trinajstić information content (AvgIpc) is 2.74. The predicted molar refractivity (Wildman–Crippen MR) is 115 cm³/mol. The first-order chi connectivity index (χ1) is 14.1. The fraction of sp³-hybridized carbons (Fsp3) is 0.522. The molecule has 154 valence electrons. The Labute approximate surface area is 173 Å². The lowest BCUT2D eigenvalue weighted by atomic mass is 10.1. The van der Waals surface area contributed by atoms with Crippen LogP contribution in [-0.2, 0) is 6.54 Å². The topological polar surface area (TPSA) is 52.6 Å². The number of amides is 1. The van der Waals surface area contributed by atoms with E-state index >= 15 is 0 Å². The van der Waals surface area contributed by atoms with Crippen molar-refractivity contribution in [1.29, 1.82) is 0 Å². The SMILES string of the molecule is Cc1cc(N2CCN(Cc3cccc(C(=O)N4CCCCC4)c3)CC2)nc(C)n1. The molecule has 0 N–H and O–H groups in total. The zero-order chi connectivity index (χ0) is 20.2. The zero-order valence-electron chi connectivity index (χ0n) is 17.6. The number of carbonyl (C=O) groups excluding carboxylic acids is 1. The van der Waals surface area contributed by atoms with Crippen molar-refractivity contribution < 1.29 is 4.79 Å². The lowest BCUT2D eigenvalue weighted by molar-refractivity contribution is 0.0724. The third kappa shape index (κ3) is 4.93. The molecule has 3 heterocycles. The fourth-order valence-corrected chi connectivity index (χ4v) is 4.33. The quantitative estimate of drug-likeness (QED) is 0.799. The second-order valence-corrected chi connectivity index (χ2v) is 8.23. The largest absolute Gasteiger partial charge is 0.354 e. The van der Waals surface area contributed by atoms with Crippen molar-refractivity contribution in [2.75, 3.05) is 44.2 Å². The summed E-state index contributed by atoms with van der Waals surface area (Å²) in [7, 11) is 0. The molecule has 2 aromatic rings. The van der Waals surface area contributed by atoms with Crippen LogP contribution in [0.4, 0.5) is 5.82 Å². The Balaban J connectivity index is 1.35. The smallest absolute Gasteiger partial charge is 0.253 e. The van der Waals surface area contributed by atoms with Gasteiger partial charge >= 0.3 is 0 Å². The first kappa shape index (κ1) is 19.8. The van der Waals surface area contributed by atoms with Crippen LogP contribution in [0.5, 0.6) is 0 Å². The van der Waals surface area contributed by atoms with Gasteiger partial charge in [-0.25, -0.2) is 9.97 Å². The Kier molecular flexibility index (Phi) is 6.09. The summed E-state index contributed by atoms with van der Waals surface area (Å²) in [5, 5.41) is 0. The van der Waals surface area contributed by atoms with Crippen LogP contribution >= 0.6 is 0 Å². The molecule has 0 unspecified atom stereocenters. The molecule has 1 aromatic heterocycles. The third-order valence-corrected chi connectivity index (χ3v) is 5.87. The maximum Gasteiger partial charge on any atom is 0.253 e. The normalized spacial score (nSPS) is 18.1. The molecule has 29 heavy (non-hydrogen) atoms. The first-order valence-corrected chi connectivity index (χ1v) is 10.8. The second-order valence-electron chi connectivity index (χ2n) is 8.23. The Bertz CT molecular complexity index is 834. The average molecular weight is 394 g/mol.